The van der Waals surface area contributed by atoms with Gasteiger partial charge in [0.15, 0.2) is 0 Å². The summed E-state index contributed by atoms with van der Waals surface area (Å²) in [5.74, 6) is 0.0215. The highest BCUT2D eigenvalue weighted by Gasteiger charge is 2.28. The van der Waals surface area contributed by atoms with Crippen LogP contribution in [0.5, 0.6) is 0 Å². The van der Waals surface area contributed by atoms with E-state index in [2.05, 4.69) is 0 Å². The third-order valence-electron chi connectivity index (χ3n) is 4.20. The Hall–Kier alpha value is -2.10. The van der Waals surface area contributed by atoms with Crippen LogP contribution in [0.3, 0.4) is 0 Å². The number of hydrogen-bond acceptors (Lipinski definition) is 2. The van der Waals surface area contributed by atoms with E-state index in [1.807, 2.05) is 79.4 Å². The lowest BCUT2D eigenvalue weighted by molar-refractivity contribution is -0.136. The highest BCUT2D eigenvalue weighted by molar-refractivity contribution is 6.31. The summed E-state index contributed by atoms with van der Waals surface area (Å²) < 4.78 is 5.76. The van der Waals surface area contributed by atoms with Gasteiger partial charge in [0.2, 0.25) is 0 Å². The Balaban J connectivity index is 1.97. The Bertz CT molecular complexity index is 745. The molecular formula is C21H22ClNO2. The molecule has 0 bridgehead atoms. The van der Waals surface area contributed by atoms with Crippen molar-refractivity contribution in [3.05, 3.63) is 70.7 Å². The van der Waals surface area contributed by atoms with E-state index in [0.717, 1.165) is 11.1 Å². The summed E-state index contributed by atoms with van der Waals surface area (Å²) in [4.78, 5) is 15.1. The SMILES string of the molecule is C[C@H]1CN(C(=O)/C(=C/c2ccccc2)c2ccc(Cl)cc2)C[C@H](C)O1. The van der Waals surface area contributed by atoms with E-state index in [1.54, 1.807) is 0 Å². The molecule has 0 saturated carbocycles. The summed E-state index contributed by atoms with van der Waals surface area (Å²) in [5.41, 5.74) is 2.53. The van der Waals surface area contributed by atoms with E-state index in [4.69, 9.17) is 16.3 Å². The lowest BCUT2D eigenvalue weighted by atomic mass is 10.0. The first kappa shape index (κ1) is 17.7. The van der Waals surface area contributed by atoms with Crippen LogP contribution in [0.2, 0.25) is 5.02 Å². The predicted octanol–water partition coefficient (Wildman–Crippen LogP) is 4.52. The second-order valence-electron chi connectivity index (χ2n) is 6.44. The van der Waals surface area contributed by atoms with Crippen LogP contribution in [0.4, 0.5) is 0 Å². The van der Waals surface area contributed by atoms with Gasteiger partial charge in [0.25, 0.3) is 5.91 Å². The second-order valence-corrected chi connectivity index (χ2v) is 6.88. The summed E-state index contributed by atoms with van der Waals surface area (Å²) in [6, 6.07) is 17.3. The third kappa shape index (κ3) is 4.50. The fourth-order valence-corrected chi connectivity index (χ4v) is 3.25. The fraction of sp³-hybridized carbons (Fsp3) is 0.286. The standard InChI is InChI=1S/C21H22ClNO2/c1-15-13-23(14-16(2)25-15)21(24)20(12-17-6-4-3-5-7-17)18-8-10-19(22)11-9-18/h3-12,15-16H,13-14H2,1-2H3/b20-12+/t15-,16-/m0/s1. The van der Waals surface area contributed by atoms with Crippen molar-refractivity contribution < 1.29 is 9.53 Å². The van der Waals surface area contributed by atoms with Gasteiger partial charge in [-0.05, 0) is 43.2 Å². The van der Waals surface area contributed by atoms with Gasteiger partial charge in [-0.3, -0.25) is 4.79 Å². The smallest absolute Gasteiger partial charge is 0.254 e. The number of amides is 1. The molecule has 1 amide bonds. The first-order chi connectivity index (χ1) is 12.0. The van der Waals surface area contributed by atoms with Gasteiger partial charge in [0.1, 0.15) is 0 Å². The first-order valence-corrected chi connectivity index (χ1v) is 8.88. The molecule has 0 aromatic heterocycles. The van der Waals surface area contributed by atoms with Gasteiger partial charge in [-0.15, -0.1) is 0 Å². The van der Waals surface area contributed by atoms with Gasteiger partial charge in [-0.1, -0.05) is 54.1 Å². The Morgan fingerprint density at radius 3 is 2.24 bits per heavy atom. The summed E-state index contributed by atoms with van der Waals surface area (Å²) in [6.45, 7) is 5.20. The number of hydrogen-bond donors (Lipinski definition) is 0. The lowest BCUT2D eigenvalue weighted by Crippen LogP contribution is -2.48. The number of carbonyl (C=O) groups excluding carboxylic acids is 1. The number of benzene rings is 2. The molecule has 0 unspecified atom stereocenters. The third-order valence-corrected chi connectivity index (χ3v) is 4.46. The molecule has 1 fully saturated rings. The highest BCUT2D eigenvalue weighted by atomic mass is 35.5. The molecular weight excluding hydrogens is 334 g/mol. The van der Waals surface area contributed by atoms with E-state index in [9.17, 15) is 4.79 Å². The average Bonchev–Trinajstić information content (AvgIpc) is 2.60. The maximum Gasteiger partial charge on any atom is 0.254 e. The summed E-state index contributed by atoms with van der Waals surface area (Å²) in [5, 5.41) is 0.656. The van der Waals surface area contributed by atoms with Crippen LogP contribution in [-0.4, -0.2) is 36.1 Å². The van der Waals surface area contributed by atoms with E-state index in [0.29, 0.717) is 23.7 Å². The molecule has 3 rings (SSSR count). The molecule has 130 valence electrons. The number of morpholine rings is 1. The number of halogens is 1. The summed E-state index contributed by atoms with van der Waals surface area (Å²) in [6.07, 6.45) is 2.02. The second kappa shape index (κ2) is 7.85. The average molecular weight is 356 g/mol. The molecule has 2 aromatic carbocycles. The molecule has 1 heterocycles. The van der Waals surface area contributed by atoms with Gasteiger partial charge in [0.05, 0.1) is 12.2 Å². The molecule has 0 spiro atoms. The molecule has 0 radical (unpaired) electrons. The van der Waals surface area contributed by atoms with Crippen molar-refractivity contribution in [2.45, 2.75) is 26.1 Å². The Kier molecular flexibility index (Phi) is 5.57. The highest BCUT2D eigenvalue weighted by Crippen LogP contribution is 2.24. The van der Waals surface area contributed by atoms with E-state index < -0.39 is 0 Å². The van der Waals surface area contributed by atoms with Gasteiger partial charge in [0, 0.05) is 23.7 Å². The summed E-state index contributed by atoms with van der Waals surface area (Å²) >= 11 is 6.01. The van der Waals surface area contributed by atoms with Crippen molar-refractivity contribution in [1.82, 2.24) is 4.90 Å². The molecule has 2 aromatic rings. The van der Waals surface area contributed by atoms with Crippen molar-refractivity contribution in [3.63, 3.8) is 0 Å². The molecule has 2 atom stereocenters. The monoisotopic (exact) mass is 355 g/mol. The van der Waals surface area contributed by atoms with Crippen LogP contribution in [0.15, 0.2) is 54.6 Å². The lowest BCUT2D eigenvalue weighted by Gasteiger charge is -2.35. The van der Waals surface area contributed by atoms with Gasteiger partial charge in [-0.25, -0.2) is 0 Å². The fourth-order valence-electron chi connectivity index (χ4n) is 3.13. The van der Waals surface area contributed by atoms with Gasteiger partial charge in [-0.2, -0.15) is 0 Å². The maximum absolute atomic E-state index is 13.2. The van der Waals surface area contributed by atoms with Crippen LogP contribution >= 0.6 is 11.6 Å². The number of ether oxygens (including phenoxy) is 1. The van der Waals surface area contributed by atoms with Crippen molar-refractivity contribution in [1.29, 1.82) is 0 Å². The summed E-state index contributed by atoms with van der Waals surface area (Å²) in [7, 11) is 0. The van der Waals surface area contributed by atoms with Crippen molar-refractivity contribution in [2.24, 2.45) is 0 Å². The van der Waals surface area contributed by atoms with E-state index >= 15 is 0 Å². The first-order valence-electron chi connectivity index (χ1n) is 8.50. The molecule has 25 heavy (non-hydrogen) atoms. The topological polar surface area (TPSA) is 29.5 Å². The Morgan fingerprint density at radius 2 is 1.64 bits per heavy atom. The van der Waals surface area contributed by atoms with Crippen LogP contribution < -0.4 is 0 Å². The molecule has 3 nitrogen and oxygen atoms in total. The molecule has 0 aliphatic carbocycles. The minimum Gasteiger partial charge on any atom is -0.372 e. The van der Waals surface area contributed by atoms with Crippen LogP contribution in [-0.2, 0) is 9.53 Å². The van der Waals surface area contributed by atoms with Crippen molar-refractivity contribution >= 4 is 29.2 Å². The molecule has 1 aliphatic heterocycles. The Labute approximate surface area is 153 Å². The maximum atomic E-state index is 13.2. The quantitative estimate of drug-likeness (QED) is 0.598. The van der Waals surface area contributed by atoms with Crippen LogP contribution in [0.25, 0.3) is 11.6 Å². The van der Waals surface area contributed by atoms with E-state index in [1.165, 1.54) is 0 Å². The number of rotatable bonds is 3. The molecule has 1 saturated heterocycles. The largest absolute Gasteiger partial charge is 0.372 e. The van der Waals surface area contributed by atoms with Crippen LogP contribution in [0, 0.1) is 0 Å². The zero-order valence-corrected chi connectivity index (χ0v) is 15.2. The van der Waals surface area contributed by atoms with Crippen molar-refractivity contribution in [3.8, 4) is 0 Å². The molecule has 0 N–H and O–H groups in total. The normalized spacial score (nSPS) is 21.2. The van der Waals surface area contributed by atoms with Gasteiger partial charge >= 0.3 is 0 Å². The number of nitrogens with zero attached hydrogens (tertiary/aromatic N) is 1. The van der Waals surface area contributed by atoms with Crippen molar-refractivity contribution in [2.75, 3.05) is 13.1 Å². The zero-order valence-electron chi connectivity index (χ0n) is 14.5. The minimum absolute atomic E-state index is 0.0215. The minimum atomic E-state index is 0.0215. The van der Waals surface area contributed by atoms with Gasteiger partial charge < -0.3 is 9.64 Å². The molecule has 4 heteroatoms. The Morgan fingerprint density at radius 1 is 1.04 bits per heavy atom. The molecule has 1 aliphatic rings. The van der Waals surface area contributed by atoms with Crippen LogP contribution in [0.1, 0.15) is 25.0 Å². The number of carbonyl (C=O) groups is 1. The predicted molar refractivity (Wildman–Crippen MR) is 102 cm³/mol. The zero-order chi connectivity index (χ0) is 17.8. The van der Waals surface area contributed by atoms with E-state index in [-0.39, 0.29) is 18.1 Å².